The molecule has 1 N–H and O–H groups in total. The lowest BCUT2D eigenvalue weighted by atomic mass is 10.2. The summed E-state index contributed by atoms with van der Waals surface area (Å²) in [6.45, 7) is 6.12. The minimum Gasteiger partial charge on any atom is -0.383 e. The average molecular weight is 279 g/mol. The summed E-state index contributed by atoms with van der Waals surface area (Å²) in [6, 6.07) is 16.8. The lowest BCUT2D eigenvalue weighted by Gasteiger charge is -2.12. The molecule has 0 fully saturated rings. The largest absolute Gasteiger partial charge is 0.383 e. The van der Waals surface area contributed by atoms with Gasteiger partial charge in [0.25, 0.3) is 0 Å². The monoisotopic (exact) mass is 279 g/mol. The third kappa shape index (κ3) is 2.77. The van der Waals surface area contributed by atoms with Crippen LogP contribution >= 0.6 is 0 Å². The van der Waals surface area contributed by atoms with Gasteiger partial charge in [0, 0.05) is 25.2 Å². The molecule has 21 heavy (non-hydrogen) atoms. The zero-order valence-electron chi connectivity index (χ0n) is 12.6. The molecule has 0 aliphatic rings. The summed E-state index contributed by atoms with van der Waals surface area (Å²) >= 11 is 0. The van der Waals surface area contributed by atoms with Gasteiger partial charge in [-0.25, -0.2) is 4.98 Å². The lowest BCUT2D eigenvalue weighted by molar-refractivity contribution is 0.699. The second-order valence-electron chi connectivity index (χ2n) is 5.26. The van der Waals surface area contributed by atoms with Gasteiger partial charge in [-0.2, -0.15) is 0 Å². The van der Waals surface area contributed by atoms with Crippen LogP contribution in [0.5, 0.6) is 0 Å². The molecule has 2 aromatic carbocycles. The first-order chi connectivity index (χ1) is 10.3. The molecule has 0 unspecified atom stereocenters. The average Bonchev–Trinajstić information content (AvgIpc) is 2.87. The van der Waals surface area contributed by atoms with Gasteiger partial charge in [-0.15, -0.1) is 0 Å². The first-order valence-electron chi connectivity index (χ1n) is 7.53. The topological polar surface area (TPSA) is 29.9 Å². The van der Waals surface area contributed by atoms with Crippen molar-refractivity contribution in [3.05, 3.63) is 59.9 Å². The van der Waals surface area contributed by atoms with Gasteiger partial charge >= 0.3 is 0 Å². The molecule has 1 heterocycles. The number of hydrogen-bond donors (Lipinski definition) is 1. The Bertz CT molecular complexity index is 743. The minimum absolute atomic E-state index is 0.901. The highest BCUT2D eigenvalue weighted by atomic mass is 15.1. The first-order valence-corrected chi connectivity index (χ1v) is 7.53. The molecule has 0 spiro atoms. The van der Waals surface area contributed by atoms with Crippen molar-refractivity contribution in [1.29, 1.82) is 0 Å². The Balaban J connectivity index is 1.77. The van der Waals surface area contributed by atoms with Crippen molar-refractivity contribution in [2.45, 2.75) is 26.8 Å². The summed E-state index contributed by atoms with van der Waals surface area (Å²) in [5.74, 6) is 1.16. The summed E-state index contributed by atoms with van der Waals surface area (Å²) in [5.41, 5.74) is 4.80. The Morgan fingerprint density at radius 1 is 1.05 bits per heavy atom. The van der Waals surface area contributed by atoms with E-state index in [1.54, 1.807) is 0 Å². The summed E-state index contributed by atoms with van der Waals surface area (Å²) in [6.07, 6.45) is 0.957. The molecule has 0 aliphatic carbocycles. The predicted octanol–water partition coefficient (Wildman–Crippen LogP) is 4.02. The van der Waals surface area contributed by atoms with Crippen LogP contribution in [0.1, 0.15) is 18.3 Å². The van der Waals surface area contributed by atoms with Crippen LogP contribution < -0.4 is 5.32 Å². The van der Waals surface area contributed by atoms with Crippen LogP contribution in [-0.4, -0.2) is 16.1 Å². The van der Waals surface area contributed by atoms with Crippen LogP contribution in [0.2, 0.25) is 0 Å². The lowest BCUT2D eigenvalue weighted by Crippen LogP contribution is -2.13. The molecule has 3 nitrogen and oxygen atoms in total. The molecule has 0 atom stereocenters. The van der Waals surface area contributed by atoms with E-state index in [9.17, 15) is 0 Å². The highest BCUT2D eigenvalue weighted by molar-refractivity contribution is 5.75. The van der Waals surface area contributed by atoms with Crippen molar-refractivity contribution in [3.8, 4) is 0 Å². The summed E-state index contributed by atoms with van der Waals surface area (Å²) in [7, 11) is 0. The molecule has 0 aliphatic heterocycles. The second kappa shape index (κ2) is 6.00. The first kappa shape index (κ1) is 13.7. The molecular formula is C18H21N3. The predicted molar refractivity (Wildman–Crippen MR) is 88.8 cm³/mol. The zero-order chi connectivity index (χ0) is 14.7. The number of anilines is 1. The summed E-state index contributed by atoms with van der Waals surface area (Å²) in [4.78, 5) is 4.71. The quantitative estimate of drug-likeness (QED) is 0.764. The summed E-state index contributed by atoms with van der Waals surface area (Å²) < 4.78 is 2.32. The maximum Gasteiger partial charge on any atom is 0.109 e. The standard InChI is InChI=1S/C18H21N3/c1-3-18-20-16-10-6-7-11-17(16)21(18)13-12-19-15-9-5-4-8-14(15)2/h4-11,19H,3,12-13H2,1-2H3. The van der Waals surface area contributed by atoms with E-state index in [0.29, 0.717) is 0 Å². The van der Waals surface area contributed by atoms with E-state index in [1.807, 2.05) is 6.07 Å². The van der Waals surface area contributed by atoms with Gasteiger partial charge in [0.2, 0.25) is 0 Å². The molecule has 3 rings (SSSR count). The highest BCUT2D eigenvalue weighted by Crippen LogP contribution is 2.17. The van der Waals surface area contributed by atoms with E-state index in [1.165, 1.54) is 16.8 Å². The zero-order valence-corrected chi connectivity index (χ0v) is 12.6. The molecule has 0 saturated carbocycles. The molecule has 0 saturated heterocycles. The van der Waals surface area contributed by atoms with Gasteiger partial charge in [0.15, 0.2) is 0 Å². The number of aromatic nitrogens is 2. The van der Waals surface area contributed by atoms with Crippen LogP contribution in [-0.2, 0) is 13.0 Å². The van der Waals surface area contributed by atoms with Gasteiger partial charge in [-0.3, -0.25) is 0 Å². The number of para-hydroxylation sites is 3. The maximum absolute atomic E-state index is 4.71. The van der Waals surface area contributed by atoms with E-state index in [2.05, 4.69) is 66.2 Å². The molecule has 108 valence electrons. The molecule has 1 aromatic heterocycles. The van der Waals surface area contributed by atoms with Gasteiger partial charge in [0.05, 0.1) is 11.0 Å². The molecule has 3 aromatic rings. The number of fused-ring (bicyclic) bond motifs is 1. The van der Waals surface area contributed by atoms with Crippen LogP contribution in [0.4, 0.5) is 5.69 Å². The Labute approximate surface area is 125 Å². The number of nitrogens with zero attached hydrogens (tertiary/aromatic N) is 2. The van der Waals surface area contributed by atoms with Crippen molar-refractivity contribution in [3.63, 3.8) is 0 Å². The Kier molecular flexibility index (Phi) is 3.91. The van der Waals surface area contributed by atoms with Gasteiger partial charge in [-0.05, 0) is 30.7 Å². The normalized spacial score (nSPS) is 11.0. The van der Waals surface area contributed by atoms with E-state index in [-0.39, 0.29) is 0 Å². The smallest absolute Gasteiger partial charge is 0.109 e. The fraction of sp³-hybridized carbons (Fsp3) is 0.278. The number of aryl methyl sites for hydroxylation is 2. The number of benzene rings is 2. The summed E-state index contributed by atoms with van der Waals surface area (Å²) in [5, 5.41) is 3.52. The minimum atomic E-state index is 0.901. The van der Waals surface area contributed by atoms with Gasteiger partial charge in [0.1, 0.15) is 5.82 Å². The van der Waals surface area contributed by atoms with Crippen LogP contribution in [0.15, 0.2) is 48.5 Å². The van der Waals surface area contributed by atoms with Crippen LogP contribution in [0, 0.1) is 6.92 Å². The molecular weight excluding hydrogens is 258 g/mol. The number of hydrogen-bond acceptors (Lipinski definition) is 2. The van der Waals surface area contributed by atoms with E-state index in [0.717, 1.165) is 30.9 Å². The van der Waals surface area contributed by atoms with Crippen molar-refractivity contribution < 1.29 is 0 Å². The van der Waals surface area contributed by atoms with E-state index >= 15 is 0 Å². The Morgan fingerprint density at radius 3 is 2.62 bits per heavy atom. The molecule has 0 bridgehead atoms. The van der Waals surface area contributed by atoms with Gasteiger partial charge < -0.3 is 9.88 Å². The Morgan fingerprint density at radius 2 is 1.81 bits per heavy atom. The fourth-order valence-corrected chi connectivity index (χ4v) is 2.72. The maximum atomic E-state index is 4.71. The van der Waals surface area contributed by atoms with E-state index < -0.39 is 0 Å². The third-order valence-electron chi connectivity index (χ3n) is 3.85. The van der Waals surface area contributed by atoms with Crippen molar-refractivity contribution >= 4 is 16.7 Å². The number of imidazole rings is 1. The van der Waals surface area contributed by atoms with E-state index in [4.69, 9.17) is 4.98 Å². The molecule has 0 radical (unpaired) electrons. The highest BCUT2D eigenvalue weighted by Gasteiger charge is 2.08. The second-order valence-corrected chi connectivity index (χ2v) is 5.26. The number of rotatable bonds is 5. The van der Waals surface area contributed by atoms with Crippen molar-refractivity contribution in [2.24, 2.45) is 0 Å². The molecule has 0 amide bonds. The van der Waals surface area contributed by atoms with Crippen molar-refractivity contribution in [2.75, 3.05) is 11.9 Å². The fourth-order valence-electron chi connectivity index (χ4n) is 2.72. The third-order valence-corrected chi connectivity index (χ3v) is 3.85. The van der Waals surface area contributed by atoms with Crippen molar-refractivity contribution in [1.82, 2.24) is 9.55 Å². The van der Waals surface area contributed by atoms with Gasteiger partial charge in [-0.1, -0.05) is 37.3 Å². The molecule has 3 heteroatoms. The van der Waals surface area contributed by atoms with Crippen LogP contribution in [0.25, 0.3) is 11.0 Å². The SMILES string of the molecule is CCc1nc2ccccc2n1CCNc1ccccc1C. The Hall–Kier alpha value is -2.29. The number of nitrogens with one attached hydrogen (secondary N) is 1. The van der Waals surface area contributed by atoms with Crippen LogP contribution in [0.3, 0.4) is 0 Å².